The van der Waals surface area contributed by atoms with Gasteiger partial charge in [-0.2, -0.15) is 4.57 Å². The Morgan fingerprint density at radius 1 is 0.792 bits per heavy atom. The largest absolute Gasteiger partial charge is 0.273 e. The molecule has 0 radical (unpaired) electrons. The summed E-state index contributed by atoms with van der Waals surface area (Å²) in [5, 5.41) is 0. The molecule has 0 amide bonds. The molecule has 122 valence electrons. The van der Waals surface area contributed by atoms with E-state index in [4.69, 9.17) is 5.73 Å². The number of hydrogen-bond donors (Lipinski definition) is 1. The quantitative estimate of drug-likeness (QED) is 0.678. The average molecular weight is 317 g/mol. The maximum absolute atomic E-state index is 5.90. The van der Waals surface area contributed by atoms with Crippen molar-refractivity contribution < 1.29 is 4.57 Å². The SMILES string of the molecule is CC(N)[n+]1ccc(CCC(c2ccccc2)c2ccccc2)cc1. The van der Waals surface area contributed by atoms with Gasteiger partial charge in [-0.05, 0) is 29.5 Å². The van der Waals surface area contributed by atoms with Crippen molar-refractivity contribution in [3.63, 3.8) is 0 Å². The highest BCUT2D eigenvalue weighted by molar-refractivity contribution is 5.32. The van der Waals surface area contributed by atoms with Crippen LogP contribution in [-0.4, -0.2) is 0 Å². The van der Waals surface area contributed by atoms with Crippen molar-refractivity contribution in [1.29, 1.82) is 0 Å². The first kappa shape index (κ1) is 16.4. The third-order valence-electron chi connectivity index (χ3n) is 4.52. The average Bonchev–Trinajstić information content (AvgIpc) is 2.64. The molecule has 0 aliphatic heterocycles. The van der Waals surface area contributed by atoms with E-state index in [1.165, 1.54) is 16.7 Å². The Morgan fingerprint density at radius 3 is 1.75 bits per heavy atom. The third kappa shape index (κ3) is 4.09. The predicted molar refractivity (Wildman–Crippen MR) is 98.6 cm³/mol. The van der Waals surface area contributed by atoms with E-state index < -0.39 is 0 Å². The fraction of sp³-hybridized carbons (Fsp3) is 0.227. The Bertz CT molecular complexity index is 694. The number of aromatic nitrogens is 1. The van der Waals surface area contributed by atoms with Gasteiger partial charge >= 0.3 is 0 Å². The van der Waals surface area contributed by atoms with Crippen molar-refractivity contribution in [2.45, 2.75) is 31.8 Å². The maximum Gasteiger partial charge on any atom is 0.206 e. The van der Waals surface area contributed by atoms with Gasteiger partial charge in [0.25, 0.3) is 0 Å². The van der Waals surface area contributed by atoms with Crippen LogP contribution >= 0.6 is 0 Å². The van der Waals surface area contributed by atoms with Crippen molar-refractivity contribution >= 4 is 0 Å². The fourth-order valence-electron chi connectivity index (χ4n) is 3.11. The molecule has 24 heavy (non-hydrogen) atoms. The van der Waals surface area contributed by atoms with Crippen LogP contribution in [0, 0.1) is 0 Å². The molecule has 0 saturated carbocycles. The molecule has 0 aliphatic carbocycles. The summed E-state index contributed by atoms with van der Waals surface area (Å²) in [5.41, 5.74) is 10.0. The second kappa shape index (κ2) is 7.89. The molecule has 1 unspecified atom stereocenters. The van der Waals surface area contributed by atoms with Crippen LogP contribution in [0.4, 0.5) is 0 Å². The van der Waals surface area contributed by atoms with E-state index in [9.17, 15) is 0 Å². The summed E-state index contributed by atoms with van der Waals surface area (Å²) >= 11 is 0. The summed E-state index contributed by atoms with van der Waals surface area (Å²) in [6, 6.07) is 25.9. The normalized spacial score (nSPS) is 12.3. The molecule has 3 aromatic rings. The second-order valence-electron chi connectivity index (χ2n) is 6.31. The van der Waals surface area contributed by atoms with Gasteiger partial charge in [0.2, 0.25) is 6.17 Å². The van der Waals surface area contributed by atoms with Gasteiger partial charge in [-0.25, -0.2) is 0 Å². The number of aryl methyl sites for hydroxylation is 1. The lowest BCUT2D eigenvalue weighted by Crippen LogP contribution is -2.42. The monoisotopic (exact) mass is 317 g/mol. The highest BCUT2D eigenvalue weighted by Crippen LogP contribution is 2.29. The molecular formula is C22H25N2+. The van der Waals surface area contributed by atoms with E-state index in [0.717, 1.165) is 12.8 Å². The fourth-order valence-corrected chi connectivity index (χ4v) is 3.11. The van der Waals surface area contributed by atoms with Crippen molar-refractivity contribution in [1.82, 2.24) is 0 Å². The molecule has 1 aromatic heterocycles. The molecule has 2 heteroatoms. The van der Waals surface area contributed by atoms with Crippen LogP contribution in [0.25, 0.3) is 0 Å². The number of benzene rings is 2. The second-order valence-corrected chi connectivity index (χ2v) is 6.31. The zero-order valence-corrected chi connectivity index (χ0v) is 14.2. The summed E-state index contributed by atoms with van der Waals surface area (Å²) in [6.07, 6.45) is 6.30. The Balaban J connectivity index is 1.77. The molecule has 2 aromatic carbocycles. The molecule has 0 saturated heterocycles. The Morgan fingerprint density at radius 2 is 1.29 bits per heavy atom. The molecule has 2 N–H and O–H groups in total. The molecule has 3 rings (SSSR count). The first-order valence-electron chi connectivity index (χ1n) is 8.59. The number of nitrogens with zero attached hydrogens (tertiary/aromatic N) is 1. The van der Waals surface area contributed by atoms with Crippen molar-refractivity contribution in [3.8, 4) is 0 Å². The molecule has 2 nitrogen and oxygen atoms in total. The van der Waals surface area contributed by atoms with E-state index in [2.05, 4.69) is 85.2 Å². The van der Waals surface area contributed by atoms with Gasteiger partial charge in [0.15, 0.2) is 12.4 Å². The van der Waals surface area contributed by atoms with Gasteiger partial charge in [-0.1, -0.05) is 60.7 Å². The summed E-state index contributed by atoms with van der Waals surface area (Å²) in [7, 11) is 0. The van der Waals surface area contributed by atoms with Gasteiger partial charge in [0, 0.05) is 25.0 Å². The zero-order chi connectivity index (χ0) is 16.8. The minimum Gasteiger partial charge on any atom is -0.273 e. The number of pyridine rings is 1. The lowest BCUT2D eigenvalue weighted by molar-refractivity contribution is -0.719. The number of nitrogens with two attached hydrogens (primary N) is 1. The zero-order valence-electron chi connectivity index (χ0n) is 14.2. The van der Waals surface area contributed by atoms with Crippen LogP contribution in [-0.2, 0) is 6.42 Å². The molecule has 1 atom stereocenters. The number of hydrogen-bond acceptors (Lipinski definition) is 1. The lowest BCUT2D eigenvalue weighted by Gasteiger charge is -2.18. The molecule has 0 spiro atoms. The van der Waals surface area contributed by atoms with Crippen molar-refractivity contribution in [2.75, 3.05) is 0 Å². The molecule has 1 heterocycles. The van der Waals surface area contributed by atoms with E-state index in [1.807, 2.05) is 11.5 Å². The van der Waals surface area contributed by atoms with E-state index in [1.54, 1.807) is 0 Å². The van der Waals surface area contributed by atoms with Crippen molar-refractivity contribution in [2.24, 2.45) is 5.73 Å². The highest BCUT2D eigenvalue weighted by atomic mass is 15.1. The molecule has 0 bridgehead atoms. The Labute approximate surface area is 144 Å². The first-order chi connectivity index (χ1) is 11.7. The van der Waals surface area contributed by atoms with Gasteiger partial charge < -0.3 is 0 Å². The van der Waals surface area contributed by atoms with Gasteiger partial charge in [0.05, 0.1) is 0 Å². The Kier molecular flexibility index (Phi) is 5.39. The highest BCUT2D eigenvalue weighted by Gasteiger charge is 2.14. The van der Waals surface area contributed by atoms with Crippen LogP contribution in [0.1, 0.15) is 42.1 Å². The topological polar surface area (TPSA) is 29.9 Å². The molecular weight excluding hydrogens is 292 g/mol. The van der Waals surface area contributed by atoms with Crippen LogP contribution in [0.3, 0.4) is 0 Å². The van der Waals surface area contributed by atoms with E-state index in [0.29, 0.717) is 5.92 Å². The van der Waals surface area contributed by atoms with Crippen LogP contribution in [0.2, 0.25) is 0 Å². The van der Waals surface area contributed by atoms with Gasteiger partial charge in [0.1, 0.15) is 0 Å². The summed E-state index contributed by atoms with van der Waals surface area (Å²) < 4.78 is 2.02. The van der Waals surface area contributed by atoms with Crippen LogP contribution in [0.5, 0.6) is 0 Å². The van der Waals surface area contributed by atoms with E-state index >= 15 is 0 Å². The van der Waals surface area contributed by atoms with Crippen molar-refractivity contribution in [3.05, 3.63) is 102 Å². The summed E-state index contributed by atoms with van der Waals surface area (Å²) in [5.74, 6) is 0.424. The minimum atomic E-state index is 0.0143. The summed E-state index contributed by atoms with van der Waals surface area (Å²) in [6.45, 7) is 1.99. The third-order valence-corrected chi connectivity index (χ3v) is 4.52. The Hall–Kier alpha value is -2.45. The minimum absolute atomic E-state index is 0.0143. The standard InChI is InChI=1S/C22H25N2/c1-18(23)24-16-14-19(15-17-24)12-13-22(20-8-4-2-5-9-20)21-10-6-3-7-11-21/h2-11,14-18,22H,12-13,23H2,1H3/q+1. The van der Waals surface area contributed by atoms with Crippen LogP contribution in [0.15, 0.2) is 85.2 Å². The van der Waals surface area contributed by atoms with Gasteiger partial charge in [-0.15, -0.1) is 0 Å². The van der Waals surface area contributed by atoms with Gasteiger partial charge in [-0.3, -0.25) is 5.73 Å². The maximum atomic E-state index is 5.90. The van der Waals surface area contributed by atoms with E-state index in [-0.39, 0.29) is 6.17 Å². The smallest absolute Gasteiger partial charge is 0.206 e. The number of rotatable bonds is 6. The molecule has 0 fully saturated rings. The van der Waals surface area contributed by atoms with Crippen LogP contribution < -0.4 is 10.3 Å². The predicted octanol–water partition coefficient (Wildman–Crippen LogP) is 4.22. The first-order valence-corrected chi connectivity index (χ1v) is 8.59. The summed E-state index contributed by atoms with van der Waals surface area (Å²) in [4.78, 5) is 0. The molecule has 0 aliphatic rings. The lowest BCUT2D eigenvalue weighted by atomic mass is 9.86.